The molecule has 1 nitrogen and oxygen atoms in total. The minimum atomic E-state index is -5.40. The van der Waals surface area contributed by atoms with Gasteiger partial charge in [0.1, 0.15) is 47.0 Å². The second-order valence-corrected chi connectivity index (χ2v) is 5.96. The second-order valence-electron chi connectivity index (χ2n) is 5.96. The highest BCUT2D eigenvalue weighted by molar-refractivity contribution is 5.89. The molecule has 0 fully saturated rings. The molecule has 0 aromatic heterocycles. The van der Waals surface area contributed by atoms with Gasteiger partial charge in [0.05, 0.1) is 10.9 Å². The molecule has 0 aliphatic carbocycles. The van der Waals surface area contributed by atoms with Crippen molar-refractivity contribution in [1.82, 2.24) is 0 Å². The molecule has 0 aliphatic heterocycles. The quantitative estimate of drug-likeness (QED) is 0.335. The highest BCUT2D eigenvalue weighted by Gasteiger charge is 2.39. The first-order valence-corrected chi connectivity index (χ1v) is 7.96. The molecule has 0 saturated carbocycles. The van der Waals surface area contributed by atoms with Crippen molar-refractivity contribution in [2.24, 2.45) is 0 Å². The Balaban J connectivity index is 2.22. The average Bonchev–Trinajstić information content (AvgIpc) is 2.57. The highest BCUT2D eigenvalue weighted by atomic mass is 19.4. The fourth-order valence-electron chi connectivity index (χ4n) is 2.88. The van der Waals surface area contributed by atoms with Crippen LogP contribution in [0.15, 0.2) is 43.0 Å². The van der Waals surface area contributed by atoms with Gasteiger partial charge in [-0.15, -0.1) is 0 Å². The number of fused-ring (bicyclic) bond motifs is 1. The summed E-state index contributed by atoms with van der Waals surface area (Å²) in [6, 6.07) is 3.12. The lowest BCUT2D eigenvalue weighted by Crippen LogP contribution is -2.12. The molecule has 0 N–H and O–H groups in total. The van der Waals surface area contributed by atoms with Crippen LogP contribution >= 0.6 is 0 Å². The monoisotopic (exact) mass is 418 g/mol. The van der Waals surface area contributed by atoms with Crippen LogP contribution in [-0.4, -0.2) is 6.61 Å². The first-order valence-electron chi connectivity index (χ1n) is 7.96. The summed E-state index contributed by atoms with van der Waals surface area (Å²) in [6.07, 6.45) is -4.06. The predicted molar refractivity (Wildman–Crippen MR) is 89.9 cm³/mol. The third-order valence-electron chi connectivity index (χ3n) is 4.04. The molecule has 0 saturated heterocycles. The minimum absolute atomic E-state index is 0.0388. The molecule has 9 heteroatoms. The Morgan fingerprint density at radius 3 is 2.00 bits per heavy atom. The summed E-state index contributed by atoms with van der Waals surface area (Å²) in [7, 11) is 0. The third-order valence-corrected chi connectivity index (χ3v) is 4.04. The van der Waals surface area contributed by atoms with E-state index in [9.17, 15) is 35.1 Å². The van der Waals surface area contributed by atoms with E-state index in [1.807, 2.05) is 0 Å². The van der Waals surface area contributed by atoms with E-state index in [4.69, 9.17) is 4.74 Å². The molecule has 3 rings (SSSR count). The molecule has 0 radical (unpaired) electrons. The Kier molecular flexibility index (Phi) is 5.25. The summed E-state index contributed by atoms with van der Waals surface area (Å²) >= 11 is 0. The normalized spacial score (nSPS) is 11.7. The van der Waals surface area contributed by atoms with Crippen LogP contribution in [0.2, 0.25) is 0 Å². The van der Waals surface area contributed by atoms with E-state index in [0.29, 0.717) is 6.07 Å². The maximum Gasteiger partial charge on any atom is 0.422 e. The highest BCUT2D eigenvalue weighted by Crippen LogP contribution is 2.39. The molecule has 0 heterocycles. The van der Waals surface area contributed by atoms with Gasteiger partial charge in [-0.2, -0.15) is 13.2 Å². The van der Waals surface area contributed by atoms with Crippen molar-refractivity contribution in [3.05, 3.63) is 77.6 Å². The number of halogens is 8. The van der Waals surface area contributed by atoms with Gasteiger partial charge in [0, 0.05) is 12.1 Å². The van der Waals surface area contributed by atoms with Crippen LogP contribution in [0.1, 0.15) is 5.56 Å². The van der Waals surface area contributed by atoms with Crippen molar-refractivity contribution >= 4 is 10.8 Å². The molecule has 0 atom stereocenters. The molecule has 3 aromatic carbocycles. The van der Waals surface area contributed by atoms with Crippen LogP contribution in [0.5, 0.6) is 5.75 Å². The van der Waals surface area contributed by atoms with Gasteiger partial charge in [0.25, 0.3) is 0 Å². The molecule has 0 amide bonds. The first-order chi connectivity index (χ1) is 13.5. The van der Waals surface area contributed by atoms with Gasteiger partial charge in [-0.25, -0.2) is 22.0 Å². The number of hydrogen-bond donors (Lipinski definition) is 0. The Hall–Kier alpha value is -3.10. The molecular formula is C20H10F8O. The summed E-state index contributed by atoms with van der Waals surface area (Å²) in [6.45, 7) is 3.34. The maximum absolute atomic E-state index is 14.4. The summed E-state index contributed by atoms with van der Waals surface area (Å²) < 4.78 is 115. The van der Waals surface area contributed by atoms with E-state index in [2.05, 4.69) is 6.58 Å². The van der Waals surface area contributed by atoms with Crippen LogP contribution in [0.4, 0.5) is 35.1 Å². The smallest absolute Gasteiger partial charge is 0.422 e. The zero-order valence-electron chi connectivity index (χ0n) is 14.3. The van der Waals surface area contributed by atoms with Crippen LogP contribution in [0.25, 0.3) is 21.9 Å². The molecule has 0 bridgehead atoms. The molecule has 152 valence electrons. The van der Waals surface area contributed by atoms with E-state index in [1.54, 1.807) is 0 Å². The summed E-state index contributed by atoms with van der Waals surface area (Å²) in [4.78, 5) is 0. The van der Waals surface area contributed by atoms with E-state index in [0.717, 1.165) is 18.2 Å². The van der Waals surface area contributed by atoms with Crippen molar-refractivity contribution < 1.29 is 39.9 Å². The fraction of sp³-hybridized carbons (Fsp3) is 0.100. The van der Waals surface area contributed by atoms with Gasteiger partial charge < -0.3 is 4.74 Å². The number of rotatable bonds is 4. The number of ether oxygens (including phenoxy) is 1. The SMILES string of the molecule is C=CCOc1cc(F)c(-c2cc(F)c3c(F)c(C(F)(F)F)c(F)cc3c2)c(F)c1. The van der Waals surface area contributed by atoms with Crippen LogP contribution in [0.3, 0.4) is 0 Å². The van der Waals surface area contributed by atoms with Crippen molar-refractivity contribution in [3.63, 3.8) is 0 Å². The van der Waals surface area contributed by atoms with Gasteiger partial charge in [0.2, 0.25) is 0 Å². The standard InChI is InChI=1S/C20H10F8O/c1-2-3-29-11-7-13(22)16(14(23)8-11)9-4-10-6-15(24)18(20(26,27)28)19(25)17(10)12(21)5-9/h2,4-8H,1,3H2. The van der Waals surface area contributed by atoms with E-state index in [1.165, 1.54) is 6.08 Å². The van der Waals surface area contributed by atoms with Gasteiger partial charge in [0.15, 0.2) is 0 Å². The Labute approximate surface area is 158 Å². The predicted octanol–water partition coefficient (Wildman–Crippen LogP) is 6.79. The molecule has 0 spiro atoms. The second kappa shape index (κ2) is 7.38. The Bertz CT molecular complexity index is 1090. The van der Waals surface area contributed by atoms with Gasteiger partial charge in [-0.05, 0) is 29.1 Å². The molecule has 0 unspecified atom stereocenters. The lowest BCUT2D eigenvalue weighted by Gasteiger charge is -2.14. The molecule has 0 aliphatic rings. The Morgan fingerprint density at radius 1 is 0.828 bits per heavy atom. The third kappa shape index (κ3) is 3.76. The average molecular weight is 418 g/mol. The Morgan fingerprint density at radius 2 is 1.45 bits per heavy atom. The number of alkyl halides is 3. The first kappa shape index (κ1) is 20.6. The van der Waals surface area contributed by atoms with E-state index < -0.39 is 62.7 Å². The van der Waals surface area contributed by atoms with Crippen molar-refractivity contribution in [1.29, 1.82) is 0 Å². The van der Waals surface area contributed by atoms with Crippen LogP contribution in [-0.2, 0) is 6.18 Å². The largest absolute Gasteiger partial charge is 0.489 e. The topological polar surface area (TPSA) is 9.23 Å². The number of hydrogen-bond acceptors (Lipinski definition) is 1. The van der Waals surface area contributed by atoms with Crippen molar-refractivity contribution in [2.45, 2.75) is 6.18 Å². The fourth-order valence-corrected chi connectivity index (χ4v) is 2.88. The lowest BCUT2D eigenvalue weighted by atomic mass is 9.97. The molecule has 3 aromatic rings. The van der Waals surface area contributed by atoms with Crippen molar-refractivity contribution in [2.75, 3.05) is 6.61 Å². The lowest BCUT2D eigenvalue weighted by molar-refractivity contribution is -0.142. The summed E-state index contributed by atoms with van der Waals surface area (Å²) in [5.74, 6) is -8.19. The molecule has 29 heavy (non-hydrogen) atoms. The zero-order valence-corrected chi connectivity index (χ0v) is 14.3. The minimum Gasteiger partial charge on any atom is -0.489 e. The van der Waals surface area contributed by atoms with Gasteiger partial charge in [-0.3, -0.25) is 0 Å². The van der Waals surface area contributed by atoms with Gasteiger partial charge >= 0.3 is 6.18 Å². The zero-order chi connectivity index (χ0) is 21.5. The summed E-state index contributed by atoms with van der Waals surface area (Å²) in [5, 5.41) is -1.77. The van der Waals surface area contributed by atoms with Crippen molar-refractivity contribution in [3.8, 4) is 16.9 Å². The van der Waals surface area contributed by atoms with Crippen LogP contribution in [0, 0.1) is 29.1 Å². The summed E-state index contributed by atoms with van der Waals surface area (Å²) in [5.41, 5.74) is -3.45. The van der Waals surface area contributed by atoms with Crippen LogP contribution < -0.4 is 4.74 Å². The maximum atomic E-state index is 14.4. The van der Waals surface area contributed by atoms with E-state index in [-0.39, 0.29) is 18.4 Å². The number of benzene rings is 3. The van der Waals surface area contributed by atoms with E-state index >= 15 is 0 Å². The molecular weight excluding hydrogens is 408 g/mol. The van der Waals surface area contributed by atoms with Gasteiger partial charge in [-0.1, -0.05) is 12.7 Å².